The number of carbonyl (C=O) groups excluding carboxylic acids is 1. The first-order valence-electron chi connectivity index (χ1n) is 11.0. The number of aryl methyl sites for hydroxylation is 1. The summed E-state index contributed by atoms with van der Waals surface area (Å²) >= 11 is 0. The van der Waals surface area contributed by atoms with Crippen LogP contribution in [-0.2, 0) is 14.8 Å². The summed E-state index contributed by atoms with van der Waals surface area (Å²) in [6.07, 6.45) is -0.148. The Bertz CT molecular complexity index is 1090. The van der Waals surface area contributed by atoms with Gasteiger partial charge in [0.25, 0.3) is 15.9 Å². The molecule has 1 heterocycles. The zero-order valence-corrected chi connectivity index (χ0v) is 20.6. The number of carbonyl (C=O) groups is 1. The minimum atomic E-state index is -3.82. The third-order valence-corrected chi connectivity index (χ3v) is 7.40. The van der Waals surface area contributed by atoms with Crippen molar-refractivity contribution in [3.8, 4) is 5.75 Å². The molecule has 3 rings (SSSR count). The monoisotopic (exact) mass is 475 g/mol. The van der Waals surface area contributed by atoms with Crippen molar-refractivity contribution in [1.82, 2.24) is 10.2 Å². The van der Waals surface area contributed by atoms with Crippen LogP contribution in [0.3, 0.4) is 0 Å². The number of methoxy groups -OCH3 is 1. The van der Waals surface area contributed by atoms with E-state index in [-0.39, 0.29) is 40.1 Å². The molecule has 0 fully saturated rings. The van der Waals surface area contributed by atoms with Crippen molar-refractivity contribution in [3.05, 3.63) is 53.6 Å². The molecule has 3 atom stereocenters. The molecule has 0 saturated heterocycles. The second-order valence-corrected chi connectivity index (χ2v) is 10.3. The van der Waals surface area contributed by atoms with Crippen molar-refractivity contribution in [2.24, 2.45) is 5.92 Å². The molecule has 0 spiro atoms. The highest BCUT2D eigenvalue weighted by Gasteiger charge is 2.26. The summed E-state index contributed by atoms with van der Waals surface area (Å²) in [4.78, 5) is 15.1. The first kappa shape index (κ1) is 25.0. The third kappa shape index (κ3) is 6.04. The van der Waals surface area contributed by atoms with Crippen molar-refractivity contribution >= 4 is 21.6 Å². The average Bonchev–Trinajstić information content (AvgIpc) is 2.78. The van der Waals surface area contributed by atoms with E-state index < -0.39 is 10.0 Å². The number of rotatable bonds is 4. The first-order valence-corrected chi connectivity index (χ1v) is 12.5. The van der Waals surface area contributed by atoms with Crippen LogP contribution in [0.2, 0.25) is 0 Å². The summed E-state index contributed by atoms with van der Waals surface area (Å²) in [5.41, 5.74) is 1.21. The minimum Gasteiger partial charge on any atom is -0.491 e. The normalized spacial score (nSPS) is 22.5. The number of hydrogen-bond donors (Lipinski definition) is 2. The maximum absolute atomic E-state index is 13.3. The Balaban J connectivity index is 1.95. The molecule has 0 aliphatic carbocycles. The summed E-state index contributed by atoms with van der Waals surface area (Å²) in [5.74, 6) is 0.318. The molecule has 0 aromatic heterocycles. The second kappa shape index (κ2) is 10.5. The topological polar surface area (TPSA) is 97.0 Å². The van der Waals surface area contributed by atoms with Crippen LogP contribution in [-0.4, -0.2) is 65.2 Å². The summed E-state index contributed by atoms with van der Waals surface area (Å²) < 4.78 is 40.1. The van der Waals surface area contributed by atoms with Crippen LogP contribution in [0.1, 0.15) is 29.8 Å². The molecule has 2 N–H and O–H groups in total. The van der Waals surface area contributed by atoms with Gasteiger partial charge in [-0.15, -0.1) is 0 Å². The van der Waals surface area contributed by atoms with Crippen molar-refractivity contribution in [2.75, 3.05) is 38.6 Å². The van der Waals surface area contributed by atoms with E-state index in [0.29, 0.717) is 24.5 Å². The number of fused-ring (bicyclic) bond motifs is 1. The molecule has 180 valence electrons. The Morgan fingerprint density at radius 1 is 1.18 bits per heavy atom. The standard InChI is InChI=1S/C24H33N3O5S/c1-16-8-6-7-9-23(16)33(29,30)26-19-10-11-21-20(12-19)24(28)27(4)14-22(31-5)17(2)13-25-18(3)15-32-21/h6-12,17-18,22,25-26H,13-15H2,1-5H3/t17-,18-,22+/m0/s1. The summed E-state index contributed by atoms with van der Waals surface area (Å²) in [6.45, 7) is 7.32. The molecule has 1 amide bonds. The summed E-state index contributed by atoms with van der Waals surface area (Å²) in [5, 5.41) is 3.44. The number of nitrogens with zero attached hydrogens (tertiary/aromatic N) is 1. The van der Waals surface area contributed by atoms with Crippen molar-refractivity contribution in [2.45, 2.75) is 37.8 Å². The van der Waals surface area contributed by atoms with Gasteiger partial charge in [0.2, 0.25) is 0 Å². The highest BCUT2D eigenvalue weighted by Crippen LogP contribution is 2.27. The fraction of sp³-hybridized carbons (Fsp3) is 0.458. The fourth-order valence-electron chi connectivity index (χ4n) is 3.79. The molecule has 8 nitrogen and oxygen atoms in total. The molecular weight excluding hydrogens is 442 g/mol. The molecule has 1 aliphatic rings. The zero-order chi connectivity index (χ0) is 24.2. The molecule has 0 bridgehead atoms. The fourth-order valence-corrected chi connectivity index (χ4v) is 5.09. The van der Waals surface area contributed by atoms with Gasteiger partial charge in [-0.05, 0) is 49.6 Å². The molecule has 2 aromatic carbocycles. The van der Waals surface area contributed by atoms with Crippen LogP contribution >= 0.6 is 0 Å². The van der Waals surface area contributed by atoms with Gasteiger partial charge >= 0.3 is 0 Å². The van der Waals surface area contributed by atoms with Gasteiger partial charge < -0.3 is 19.7 Å². The van der Waals surface area contributed by atoms with E-state index in [9.17, 15) is 13.2 Å². The van der Waals surface area contributed by atoms with Gasteiger partial charge in [-0.2, -0.15) is 0 Å². The van der Waals surface area contributed by atoms with E-state index >= 15 is 0 Å². The van der Waals surface area contributed by atoms with E-state index in [4.69, 9.17) is 9.47 Å². The van der Waals surface area contributed by atoms with E-state index in [1.54, 1.807) is 62.4 Å². The minimum absolute atomic E-state index is 0.0595. The van der Waals surface area contributed by atoms with Crippen LogP contribution in [0, 0.1) is 12.8 Å². The number of hydrogen-bond acceptors (Lipinski definition) is 6. The summed E-state index contributed by atoms with van der Waals surface area (Å²) in [7, 11) is -0.468. The maximum atomic E-state index is 13.3. The van der Waals surface area contributed by atoms with Gasteiger partial charge in [-0.25, -0.2) is 8.42 Å². The van der Waals surface area contributed by atoms with Crippen LogP contribution in [0.4, 0.5) is 5.69 Å². The Labute approximate surface area is 196 Å². The molecule has 9 heteroatoms. The number of likely N-dealkylation sites (N-methyl/N-ethyl adjacent to an activating group) is 1. The largest absolute Gasteiger partial charge is 0.491 e. The zero-order valence-electron chi connectivity index (χ0n) is 19.8. The van der Waals surface area contributed by atoms with Gasteiger partial charge in [-0.1, -0.05) is 25.1 Å². The average molecular weight is 476 g/mol. The Hall–Kier alpha value is -2.62. The van der Waals surface area contributed by atoms with Crippen molar-refractivity contribution < 1.29 is 22.7 Å². The van der Waals surface area contributed by atoms with Gasteiger partial charge in [0.1, 0.15) is 12.4 Å². The molecule has 33 heavy (non-hydrogen) atoms. The lowest BCUT2D eigenvalue weighted by atomic mass is 10.0. The van der Waals surface area contributed by atoms with E-state index in [1.807, 2.05) is 6.92 Å². The number of anilines is 1. The SMILES string of the molecule is CO[C@@H]1CN(C)C(=O)c2cc(NS(=O)(=O)c3ccccc3C)ccc2OC[C@H](C)NC[C@@H]1C. The summed E-state index contributed by atoms with van der Waals surface area (Å²) in [6, 6.07) is 11.6. The number of nitrogens with one attached hydrogen (secondary N) is 2. The lowest BCUT2D eigenvalue weighted by molar-refractivity contribution is 0.0281. The Kier molecular flexibility index (Phi) is 7.99. The smallest absolute Gasteiger partial charge is 0.262 e. The lowest BCUT2D eigenvalue weighted by Gasteiger charge is -2.30. The van der Waals surface area contributed by atoms with Gasteiger partial charge in [0.05, 0.1) is 16.6 Å². The first-order chi connectivity index (χ1) is 15.6. The van der Waals surface area contributed by atoms with Crippen LogP contribution < -0.4 is 14.8 Å². The highest BCUT2D eigenvalue weighted by atomic mass is 32.2. The number of sulfonamides is 1. The van der Waals surface area contributed by atoms with E-state index in [0.717, 1.165) is 6.54 Å². The predicted octanol–water partition coefficient (Wildman–Crippen LogP) is 2.89. The van der Waals surface area contributed by atoms with E-state index in [2.05, 4.69) is 17.0 Å². The van der Waals surface area contributed by atoms with Crippen LogP contribution in [0.15, 0.2) is 47.4 Å². The van der Waals surface area contributed by atoms with Crippen LogP contribution in [0.25, 0.3) is 0 Å². The predicted molar refractivity (Wildman–Crippen MR) is 128 cm³/mol. The van der Waals surface area contributed by atoms with Gasteiger partial charge in [0, 0.05) is 39.0 Å². The highest BCUT2D eigenvalue weighted by molar-refractivity contribution is 7.92. The van der Waals surface area contributed by atoms with Gasteiger partial charge in [0.15, 0.2) is 0 Å². The van der Waals surface area contributed by atoms with Crippen molar-refractivity contribution in [1.29, 1.82) is 0 Å². The number of amides is 1. The number of ether oxygens (including phenoxy) is 2. The number of benzene rings is 2. The molecule has 2 aromatic rings. The third-order valence-electron chi connectivity index (χ3n) is 5.86. The molecule has 1 aliphatic heterocycles. The molecule has 0 saturated carbocycles. The quantitative estimate of drug-likeness (QED) is 0.706. The van der Waals surface area contributed by atoms with Crippen molar-refractivity contribution in [3.63, 3.8) is 0 Å². The lowest BCUT2D eigenvalue weighted by Crippen LogP contribution is -2.44. The van der Waals surface area contributed by atoms with Gasteiger partial charge in [-0.3, -0.25) is 9.52 Å². The Morgan fingerprint density at radius 2 is 1.91 bits per heavy atom. The molecule has 0 radical (unpaired) electrons. The molecular formula is C24H33N3O5S. The van der Waals surface area contributed by atoms with Crippen LogP contribution in [0.5, 0.6) is 5.75 Å². The molecule has 0 unspecified atom stereocenters. The maximum Gasteiger partial charge on any atom is 0.262 e. The second-order valence-electron chi connectivity index (χ2n) is 8.64. The van der Waals surface area contributed by atoms with E-state index in [1.165, 1.54) is 6.07 Å². The Morgan fingerprint density at radius 3 is 2.61 bits per heavy atom.